The van der Waals surface area contributed by atoms with Gasteiger partial charge in [0.25, 0.3) is 5.91 Å². The van der Waals surface area contributed by atoms with E-state index in [1.807, 2.05) is 23.7 Å². The number of benzene rings is 1. The van der Waals surface area contributed by atoms with Crippen LogP contribution in [0.25, 0.3) is 11.0 Å². The molecule has 1 aliphatic rings. The van der Waals surface area contributed by atoms with Crippen LogP contribution in [-0.4, -0.2) is 27.1 Å². The van der Waals surface area contributed by atoms with Crippen LogP contribution in [0.15, 0.2) is 29.6 Å². The number of nitrogens with one attached hydrogen (secondary N) is 2. The SMILES string of the molecule is Cn1cnc2cc(NC(=O)C3=NNC(=O)CC3)ccc21. The van der Waals surface area contributed by atoms with Crippen molar-refractivity contribution in [3.8, 4) is 0 Å². The van der Waals surface area contributed by atoms with E-state index in [-0.39, 0.29) is 18.2 Å². The van der Waals surface area contributed by atoms with E-state index in [4.69, 9.17) is 0 Å². The zero-order valence-corrected chi connectivity index (χ0v) is 10.9. The summed E-state index contributed by atoms with van der Waals surface area (Å²) in [5, 5.41) is 6.52. The molecule has 0 saturated heterocycles. The first-order chi connectivity index (χ1) is 9.63. The van der Waals surface area contributed by atoms with Gasteiger partial charge in [-0.2, -0.15) is 5.10 Å². The van der Waals surface area contributed by atoms with E-state index in [0.717, 1.165) is 11.0 Å². The molecule has 1 aromatic heterocycles. The molecule has 0 radical (unpaired) electrons. The van der Waals surface area contributed by atoms with E-state index in [1.165, 1.54) is 0 Å². The number of aryl methyl sites for hydroxylation is 1. The van der Waals surface area contributed by atoms with Gasteiger partial charge in [0.15, 0.2) is 0 Å². The van der Waals surface area contributed by atoms with Gasteiger partial charge < -0.3 is 9.88 Å². The molecule has 102 valence electrons. The van der Waals surface area contributed by atoms with Crippen LogP contribution in [0.3, 0.4) is 0 Å². The molecule has 0 aliphatic carbocycles. The summed E-state index contributed by atoms with van der Waals surface area (Å²) in [7, 11) is 1.91. The van der Waals surface area contributed by atoms with Crippen molar-refractivity contribution >= 4 is 34.2 Å². The topological polar surface area (TPSA) is 88.4 Å². The van der Waals surface area contributed by atoms with E-state index < -0.39 is 0 Å². The molecule has 2 heterocycles. The van der Waals surface area contributed by atoms with Crippen LogP contribution < -0.4 is 10.7 Å². The third-order valence-electron chi connectivity index (χ3n) is 3.15. The first-order valence-corrected chi connectivity index (χ1v) is 6.21. The smallest absolute Gasteiger partial charge is 0.271 e. The Hall–Kier alpha value is -2.70. The Morgan fingerprint density at radius 1 is 1.40 bits per heavy atom. The van der Waals surface area contributed by atoms with E-state index in [0.29, 0.717) is 17.8 Å². The summed E-state index contributed by atoms with van der Waals surface area (Å²) in [6.45, 7) is 0. The average Bonchev–Trinajstić information content (AvgIpc) is 2.81. The maximum atomic E-state index is 12.0. The highest BCUT2D eigenvalue weighted by molar-refractivity contribution is 6.43. The van der Waals surface area contributed by atoms with Gasteiger partial charge in [-0.1, -0.05) is 0 Å². The molecule has 0 bridgehead atoms. The summed E-state index contributed by atoms with van der Waals surface area (Å²) in [6.07, 6.45) is 2.35. The van der Waals surface area contributed by atoms with Crippen LogP contribution in [0, 0.1) is 0 Å². The number of hydrazone groups is 1. The number of fused-ring (bicyclic) bond motifs is 1. The van der Waals surface area contributed by atoms with Gasteiger partial charge in [0.2, 0.25) is 5.91 Å². The Kier molecular flexibility index (Phi) is 2.94. The van der Waals surface area contributed by atoms with E-state index in [1.54, 1.807) is 12.4 Å². The van der Waals surface area contributed by atoms with Gasteiger partial charge in [0.1, 0.15) is 5.71 Å². The molecule has 7 nitrogen and oxygen atoms in total. The van der Waals surface area contributed by atoms with Crippen molar-refractivity contribution in [3.63, 3.8) is 0 Å². The van der Waals surface area contributed by atoms with Crippen LogP contribution in [0.5, 0.6) is 0 Å². The number of anilines is 1. The molecular formula is C13H13N5O2. The zero-order valence-electron chi connectivity index (χ0n) is 10.9. The summed E-state index contributed by atoms with van der Waals surface area (Å²) >= 11 is 0. The third-order valence-corrected chi connectivity index (χ3v) is 3.15. The molecule has 0 saturated carbocycles. The molecule has 0 fully saturated rings. The first kappa shape index (κ1) is 12.3. The Morgan fingerprint density at radius 2 is 2.25 bits per heavy atom. The van der Waals surface area contributed by atoms with Crippen LogP contribution in [0.2, 0.25) is 0 Å². The van der Waals surface area contributed by atoms with Crippen molar-refractivity contribution in [2.75, 3.05) is 5.32 Å². The summed E-state index contributed by atoms with van der Waals surface area (Å²) in [6, 6.07) is 5.50. The summed E-state index contributed by atoms with van der Waals surface area (Å²) < 4.78 is 1.90. The van der Waals surface area contributed by atoms with Crippen molar-refractivity contribution < 1.29 is 9.59 Å². The fourth-order valence-electron chi connectivity index (χ4n) is 2.05. The minimum Gasteiger partial charge on any atom is -0.334 e. The van der Waals surface area contributed by atoms with E-state index in [2.05, 4.69) is 20.8 Å². The van der Waals surface area contributed by atoms with Crippen LogP contribution >= 0.6 is 0 Å². The van der Waals surface area contributed by atoms with Gasteiger partial charge in [-0.25, -0.2) is 10.4 Å². The third kappa shape index (κ3) is 2.25. The molecule has 1 aromatic carbocycles. The second-order valence-corrected chi connectivity index (χ2v) is 4.61. The van der Waals surface area contributed by atoms with Gasteiger partial charge >= 0.3 is 0 Å². The fraction of sp³-hybridized carbons (Fsp3) is 0.231. The molecule has 0 atom stereocenters. The lowest BCUT2D eigenvalue weighted by molar-refractivity contribution is -0.121. The number of hydrogen-bond donors (Lipinski definition) is 2. The normalized spacial score (nSPS) is 14.8. The van der Waals surface area contributed by atoms with E-state index >= 15 is 0 Å². The maximum Gasteiger partial charge on any atom is 0.271 e. The minimum absolute atomic E-state index is 0.170. The monoisotopic (exact) mass is 271 g/mol. The van der Waals surface area contributed by atoms with Crippen molar-refractivity contribution in [2.45, 2.75) is 12.8 Å². The van der Waals surface area contributed by atoms with Crippen molar-refractivity contribution in [1.29, 1.82) is 0 Å². The second kappa shape index (κ2) is 4.76. The summed E-state index contributed by atoms with van der Waals surface area (Å²) in [4.78, 5) is 27.2. The summed E-state index contributed by atoms with van der Waals surface area (Å²) in [5.74, 6) is -0.475. The standard InChI is InChI=1S/C13H13N5O2/c1-18-7-14-10-6-8(2-4-11(10)18)15-13(20)9-3-5-12(19)17-16-9/h2,4,6-7H,3,5H2,1H3,(H,15,20)(H,17,19). The molecule has 0 unspecified atom stereocenters. The second-order valence-electron chi connectivity index (χ2n) is 4.61. The minimum atomic E-state index is -0.305. The number of amides is 2. The molecule has 3 rings (SSSR count). The predicted molar refractivity (Wildman–Crippen MR) is 74.2 cm³/mol. The average molecular weight is 271 g/mol. The fourth-order valence-corrected chi connectivity index (χ4v) is 2.05. The number of nitrogens with zero attached hydrogens (tertiary/aromatic N) is 3. The number of carbonyl (C=O) groups excluding carboxylic acids is 2. The van der Waals surface area contributed by atoms with Gasteiger partial charge in [0, 0.05) is 25.6 Å². The summed E-state index contributed by atoms with van der Waals surface area (Å²) in [5.41, 5.74) is 5.08. The molecule has 7 heteroatoms. The lowest BCUT2D eigenvalue weighted by Gasteiger charge is -2.11. The van der Waals surface area contributed by atoms with Crippen LogP contribution in [0.4, 0.5) is 5.69 Å². The Bertz CT molecular complexity index is 731. The molecule has 1 aliphatic heterocycles. The highest BCUT2D eigenvalue weighted by Gasteiger charge is 2.18. The molecule has 0 spiro atoms. The Labute approximate surface area is 114 Å². The van der Waals surface area contributed by atoms with Crippen LogP contribution in [-0.2, 0) is 16.6 Å². The van der Waals surface area contributed by atoms with Gasteiger partial charge in [0.05, 0.1) is 17.4 Å². The maximum absolute atomic E-state index is 12.0. The lowest BCUT2D eigenvalue weighted by atomic mass is 10.1. The van der Waals surface area contributed by atoms with Gasteiger partial charge in [-0.05, 0) is 18.2 Å². The van der Waals surface area contributed by atoms with Crippen molar-refractivity contribution in [2.24, 2.45) is 12.1 Å². The lowest BCUT2D eigenvalue weighted by Crippen LogP contribution is -2.32. The number of rotatable bonds is 2. The quantitative estimate of drug-likeness (QED) is 0.845. The van der Waals surface area contributed by atoms with Gasteiger partial charge in [-0.15, -0.1) is 0 Å². The van der Waals surface area contributed by atoms with Crippen molar-refractivity contribution in [1.82, 2.24) is 15.0 Å². The molecule has 2 aromatic rings. The highest BCUT2D eigenvalue weighted by atomic mass is 16.2. The number of aromatic nitrogens is 2. The molecule has 20 heavy (non-hydrogen) atoms. The number of hydrogen-bond acceptors (Lipinski definition) is 4. The van der Waals surface area contributed by atoms with Crippen LogP contribution in [0.1, 0.15) is 12.8 Å². The van der Waals surface area contributed by atoms with E-state index in [9.17, 15) is 9.59 Å². The molecular weight excluding hydrogens is 258 g/mol. The first-order valence-electron chi connectivity index (χ1n) is 6.21. The largest absolute Gasteiger partial charge is 0.334 e. The molecule has 2 amide bonds. The Balaban J connectivity index is 1.79. The predicted octanol–water partition coefficient (Wildman–Crippen LogP) is 0.778. The highest BCUT2D eigenvalue weighted by Crippen LogP contribution is 2.17. The Morgan fingerprint density at radius 3 is 3.00 bits per heavy atom. The van der Waals surface area contributed by atoms with Gasteiger partial charge in [-0.3, -0.25) is 9.59 Å². The molecule has 2 N–H and O–H groups in total. The zero-order chi connectivity index (χ0) is 14.1. The van der Waals surface area contributed by atoms with Crippen molar-refractivity contribution in [3.05, 3.63) is 24.5 Å². The number of imidazole rings is 1. The number of carbonyl (C=O) groups is 2.